The van der Waals surface area contributed by atoms with Crippen LogP contribution in [0.15, 0.2) is 12.4 Å². The zero-order valence-corrected chi connectivity index (χ0v) is 16.8. The van der Waals surface area contributed by atoms with Crippen LogP contribution in [0.2, 0.25) is 5.02 Å². The topological polar surface area (TPSA) is 60.8 Å². The van der Waals surface area contributed by atoms with Crippen LogP contribution in [-0.2, 0) is 16.1 Å². The lowest BCUT2D eigenvalue weighted by molar-refractivity contribution is -0.0114. The van der Waals surface area contributed by atoms with Gasteiger partial charge in [-0.2, -0.15) is 0 Å². The number of nitrogens with zero attached hydrogens (tertiary/aromatic N) is 1. The summed E-state index contributed by atoms with van der Waals surface area (Å²) in [7, 11) is 0. The van der Waals surface area contributed by atoms with Gasteiger partial charge in [0.1, 0.15) is 12.4 Å². The van der Waals surface area contributed by atoms with Crippen molar-refractivity contribution in [3.8, 4) is 5.75 Å². The Hall–Kier alpha value is -0.400. The molecule has 1 aromatic rings. The SMILES string of the molecule is BrCC1CCCCO1.OCc1c(Cl)cncc1OCC1CCCCO1. The van der Waals surface area contributed by atoms with Crippen LogP contribution in [0.3, 0.4) is 0 Å². The highest BCUT2D eigenvalue weighted by atomic mass is 79.9. The van der Waals surface area contributed by atoms with Gasteiger partial charge in [0.05, 0.1) is 30.0 Å². The fraction of sp³-hybridized carbons (Fsp3) is 0.722. The quantitative estimate of drug-likeness (QED) is 0.703. The van der Waals surface area contributed by atoms with Crippen molar-refractivity contribution >= 4 is 27.5 Å². The number of hydrogen-bond donors (Lipinski definition) is 1. The van der Waals surface area contributed by atoms with Gasteiger partial charge in [-0.25, -0.2) is 0 Å². The summed E-state index contributed by atoms with van der Waals surface area (Å²) in [5, 5.41) is 10.6. The summed E-state index contributed by atoms with van der Waals surface area (Å²) in [4.78, 5) is 3.95. The van der Waals surface area contributed by atoms with Gasteiger partial charge < -0.3 is 19.3 Å². The first kappa shape index (κ1) is 20.9. The summed E-state index contributed by atoms with van der Waals surface area (Å²) < 4.78 is 16.6. The van der Waals surface area contributed by atoms with E-state index >= 15 is 0 Å². The summed E-state index contributed by atoms with van der Waals surface area (Å²) in [5.74, 6) is 0.536. The van der Waals surface area contributed by atoms with E-state index in [2.05, 4.69) is 20.9 Å². The molecule has 3 heterocycles. The van der Waals surface area contributed by atoms with Crippen LogP contribution in [0.5, 0.6) is 5.75 Å². The molecule has 2 unspecified atom stereocenters. The summed E-state index contributed by atoms with van der Waals surface area (Å²) in [6.45, 7) is 2.10. The molecule has 0 radical (unpaired) electrons. The highest BCUT2D eigenvalue weighted by Crippen LogP contribution is 2.25. The average molecular weight is 437 g/mol. The fourth-order valence-corrected chi connectivity index (χ4v) is 3.49. The van der Waals surface area contributed by atoms with Gasteiger partial charge in [-0.15, -0.1) is 0 Å². The first-order chi connectivity index (χ1) is 12.2. The predicted molar refractivity (Wildman–Crippen MR) is 102 cm³/mol. The van der Waals surface area contributed by atoms with Gasteiger partial charge >= 0.3 is 0 Å². The summed E-state index contributed by atoms with van der Waals surface area (Å²) >= 11 is 9.30. The Bertz CT molecular complexity index is 494. The summed E-state index contributed by atoms with van der Waals surface area (Å²) in [5.41, 5.74) is 0.581. The minimum absolute atomic E-state index is 0.134. The van der Waals surface area contributed by atoms with Crippen molar-refractivity contribution in [1.29, 1.82) is 0 Å². The first-order valence-electron chi connectivity index (χ1n) is 8.89. The zero-order valence-electron chi connectivity index (χ0n) is 14.5. The molecule has 1 N–H and O–H groups in total. The molecule has 2 fully saturated rings. The van der Waals surface area contributed by atoms with Crippen LogP contribution in [0.25, 0.3) is 0 Å². The number of hydrogen-bond acceptors (Lipinski definition) is 5. The lowest BCUT2D eigenvalue weighted by Gasteiger charge is -2.23. The van der Waals surface area contributed by atoms with Crippen LogP contribution in [0.1, 0.15) is 44.1 Å². The lowest BCUT2D eigenvalue weighted by atomic mass is 10.1. The van der Waals surface area contributed by atoms with Crippen LogP contribution >= 0.6 is 27.5 Å². The van der Waals surface area contributed by atoms with Crippen molar-refractivity contribution in [3.63, 3.8) is 0 Å². The number of ether oxygens (including phenoxy) is 3. The number of alkyl halides is 1. The Morgan fingerprint density at radius 3 is 2.32 bits per heavy atom. The second kappa shape index (κ2) is 12.1. The standard InChI is InChI=1S/C12H16ClNO3.C6H11BrO/c13-11-5-14-6-12(10(11)7-15)17-8-9-3-1-2-4-16-9;7-5-6-3-1-2-4-8-6/h5-6,9,15H,1-4,7-8H2;6H,1-5H2. The normalized spacial score (nSPS) is 23.5. The molecule has 1 aromatic heterocycles. The Balaban J connectivity index is 0.000000236. The van der Waals surface area contributed by atoms with E-state index in [-0.39, 0.29) is 12.7 Å². The third-order valence-electron chi connectivity index (χ3n) is 4.27. The molecule has 5 nitrogen and oxygen atoms in total. The lowest BCUT2D eigenvalue weighted by Crippen LogP contribution is -2.26. The minimum atomic E-state index is -0.151. The maximum Gasteiger partial charge on any atom is 0.144 e. The van der Waals surface area contributed by atoms with Gasteiger partial charge in [-0.05, 0) is 38.5 Å². The molecule has 0 aliphatic carbocycles. The van der Waals surface area contributed by atoms with E-state index in [1.54, 1.807) is 6.20 Å². The van der Waals surface area contributed by atoms with E-state index in [0.717, 1.165) is 31.4 Å². The van der Waals surface area contributed by atoms with Crippen molar-refractivity contribution in [2.24, 2.45) is 0 Å². The van der Waals surface area contributed by atoms with Crippen LogP contribution in [0.4, 0.5) is 0 Å². The van der Waals surface area contributed by atoms with Crippen molar-refractivity contribution in [1.82, 2.24) is 4.98 Å². The van der Waals surface area contributed by atoms with Gasteiger partial charge in [-0.3, -0.25) is 4.98 Å². The number of rotatable bonds is 5. The predicted octanol–water partition coefficient (Wildman–Crippen LogP) is 4.13. The largest absolute Gasteiger partial charge is 0.489 e. The molecule has 0 spiro atoms. The molecule has 2 saturated heterocycles. The monoisotopic (exact) mass is 435 g/mol. The number of halogens is 2. The Morgan fingerprint density at radius 1 is 1.12 bits per heavy atom. The molecular formula is C18H27BrClNO4. The highest BCUT2D eigenvalue weighted by molar-refractivity contribution is 9.09. The van der Waals surface area contributed by atoms with Crippen LogP contribution in [-0.4, -0.2) is 47.4 Å². The molecule has 2 aliphatic heterocycles. The molecule has 0 amide bonds. The van der Waals surface area contributed by atoms with E-state index in [1.165, 1.54) is 31.9 Å². The van der Waals surface area contributed by atoms with Gasteiger partial charge in [0.2, 0.25) is 0 Å². The van der Waals surface area contributed by atoms with E-state index in [1.807, 2.05) is 0 Å². The molecule has 25 heavy (non-hydrogen) atoms. The van der Waals surface area contributed by atoms with E-state index < -0.39 is 0 Å². The maximum absolute atomic E-state index is 9.21. The number of aromatic nitrogens is 1. The van der Waals surface area contributed by atoms with Gasteiger partial charge in [0.25, 0.3) is 0 Å². The molecule has 142 valence electrons. The second-order valence-corrected chi connectivity index (χ2v) is 7.25. The molecule has 3 rings (SSSR count). The molecule has 7 heteroatoms. The second-order valence-electron chi connectivity index (χ2n) is 6.20. The van der Waals surface area contributed by atoms with E-state index in [4.69, 9.17) is 25.8 Å². The molecule has 0 bridgehead atoms. The third kappa shape index (κ3) is 7.39. The van der Waals surface area contributed by atoms with E-state index in [0.29, 0.717) is 29.0 Å². The number of pyridine rings is 1. The molecule has 0 saturated carbocycles. The third-order valence-corrected chi connectivity index (χ3v) is 5.32. The fourth-order valence-electron chi connectivity index (χ4n) is 2.77. The van der Waals surface area contributed by atoms with Crippen LogP contribution in [0, 0.1) is 0 Å². The average Bonchev–Trinajstić information content (AvgIpc) is 2.68. The van der Waals surface area contributed by atoms with Gasteiger partial charge in [0.15, 0.2) is 0 Å². The summed E-state index contributed by atoms with van der Waals surface area (Å²) in [6, 6.07) is 0. The van der Waals surface area contributed by atoms with Crippen molar-refractivity contribution in [3.05, 3.63) is 23.0 Å². The molecule has 2 atom stereocenters. The maximum atomic E-state index is 9.21. The molecule has 0 aromatic carbocycles. The Morgan fingerprint density at radius 2 is 1.80 bits per heavy atom. The minimum Gasteiger partial charge on any atom is -0.489 e. The number of aliphatic hydroxyl groups is 1. The van der Waals surface area contributed by atoms with E-state index in [9.17, 15) is 5.11 Å². The number of aliphatic hydroxyl groups excluding tert-OH is 1. The smallest absolute Gasteiger partial charge is 0.144 e. The van der Waals surface area contributed by atoms with Gasteiger partial charge in [0, 0.05) is 30.3 Å². The van der Waals surface area contributed by atoms with Crippen molar-refractivity contribution in [2.45, 2.75) is 57.3 Å². The van der Waals surface area contributed by atoms with Crippen LogP contribution < -0.4 is 4.74 Å². The first-order valence-corrected chi connectivity index (χ1v) is 10.4. The molecule has 2 aliphatic rings. The van der Waals surface area contributed by atoms with Gasteiger partial charge in [-0.1, -0.05) is 27.5 Å². The Kier molecular flexibility index (Phi) is 10.1. The Labute approximate surface area is 163 Å². The van der Waals surface area contributed by atoms with Crippen molar-refractivity contribution in [2.75, 3.05) is 25.2 Å². The molecular weight excluding hydrogens is 410 g/mol. The van der Waals surface area contributed by atoms with Crippen molar-refractivity contribution < 1.29 is 19.3 Å². The zero-order chi connectivity index (χ0) is 17.9. The summed E-state index contributed by atoms with van der Waals surface area (Å²) in [6.07, 6.45) is 10.9. The highest BCUT2D eigenvalue weighted by Gasteiger charge is 2.16.